The Hall–Kier alpha value is -0.280. The lowest BCUT2D eigenvalue weighted by molar-refractivity contribution is -0.137. The number of halogens is 1. The summed E-state index contributed by atoms with van der Waals surface area (Å²) < 4.78 is 0. The predicted molar refractivity (Wildman–Crippen MR) is 37.8 cm³/mol. The Balaban J connectivity index is 0. The molecule has 0 unspecified atom stereocenters. The molecule has 0 amide bonds. The van der Waals surface area contributed by atoms with Crippen molar-refractivity contribution in [2.75, 3.05) is 0 Å². The summed E-state index contributed by atoms with van der Waals surface area (Å²) in [4.78, 5) is 9.89. The maximum absolute atomic E-state index is 9.89. The van der Waals surface area contributed by atoms with Crippen LogP contribution in [-0.2, 0) is 4.79 Å². The number of hydrogen-bond donors (Lipinski definition) is 2. The van der Waals surface area contributed by atoms with Gasteiger partial charge in [0.15, 0.2) is 0 Å². The van der Waals surface area contributed by atoms with Crippen LogP contribution in [0, 0.1) is 0 Å². The summed E-state index contributed by atoms with van der Waals surface area (Å²) in [7, 11) is 0. The van der Waals surface area contributed by atoms with Crippen molar-refractivity contribution in [3.05, 3.63) is 0 Å². The second kappa shape index (κ2) is 5.85. The Bertz CT molecular complexity index is 87.0. The van der Waals surface area contributed by atoms with Gasteiger partial charge in [-0.1, -0.05) is 6.92 Å². The Morgan fingerprint density at radius 3 is 2.33 bits per heavy atom. The highest BCUT2D eigenvalue weighted by Gasteiger charge is 2.03. The number of nitrogens with two attached hydrogens (primary N) is 1. The van der Waals surface area contributed by atoms with E-state index >= 15 is 0 Å². The van der Waals surface area contributed by atoms with E-state index in [2.05, 4.69) is 0 Å². The van der Waals surface area contributed by atoms with Crippen molar-refractivity contribution < 1.29 is 9.90 Å². The summed E-state index contributed by atoms with van der Waals surface area (Å²) >= 11 is 0. The van der Waals surface area contributed by atoms with Gasteiger partial charge >= 0.3 is 5.97 Å². The molecule has 0 aliphatic rings. The Morgan fingerprint density at radius 1 is 1.78 bits per heavy atom. The van der Waals surface area contributed by atoms with Crippen LogP contribution in [0.2, 0.25) is 0 Å². The van der Waals surface area contributed by atoms with Crippen molar-refractivity contribution >= 4 is 18.4 Å². The maximum Gasteiger partial charge on any atom is 0.304 e. The van der Waals surface area contributed by atoms with Crippen LogP contribution in [-0.4, -0.2) is 17.1 Å². The monoisotopic (exact) mass is 153 g/mol. The van der Waals surface area contributed by atoms with Crippen LogP contribution in [0.4, 0.5) is 0 Å². The summed E-state index contributed by atoms with van der Waals surface area (Å²) in [6, 6.07) is -0.174. The minimum atomic E-state index is -0.820. The average Bonchev–Trinajstić information content (AvgIpc) is 1.65. The third-order valence-electron chi connectivity index (χ3n) is 0.961. The van der Waals surface area contributed by atoms with Crippen LogP contribution < -0.4 is 5.73 Å². The van der Waals surface area contributed by atoms with Crippen molar-refractivity contribution in [2.45, 2.75) is 25.8 Å². The van der Waals surface area contributed by atoms with Crippen molar-refractivity contribution in [3.63, 3.8) is 0 Å². The van der Waals surface area contributed by atoms with E-state index in [-0.39, 0.29) is 24.9 Å². The minimum absolute atomic E-state index is 0. The highest BCUT2D eigenvalue weighted by molar-refractivity contribution is 5.85. The molecule has 56 valence electrons. The van der Waals surface area contributed by atoms with Gasteiger partial charge in [0.1, 0.15) is 0 Å². The fourth-order valence-electron chi connectivity index (χ4n) is 0.369. The SMILES string of the molecule is CC[C@H](N)CC(=O)O.Cl. The second-order valence-corrected chi connectivity index (χ2v) is 1.77. The van der Waals surface area contributed by atoms with Gasteiger partial charge in [0.2, 0.25) is 0 Å². The van der Waals surface area contributed by atoms with Gasteiger partial charge in [-0.3, -0.25) is 4.79 Å². The quantitative estimate of drug-likeness (QED) is 0.625. The molecule has 3 nitrogen and oxygen atoms in total. The van der Waals surface area contributed by atoms with Gasteiger partial charge < -0.3 is 10.8 Å². The van der Waals surface area contributed by atoms with Crippen LogP contribution in [0.3, 0.4) is 0 Å². The fraction of sp³-hybridized carbons (Fsp3) is 0.800. The van der Waals surface area contributed by atoms with Gasteiger partial charge in [-0.25, -0.2) is 0 Å². The molecule has 0 aromatic heterocycles. The molecule has 0 radical (unpaired) electrons. The van der Waals surface area contributed by atoms with Gasteiger partial charge in [0.05, 0.1) is 6.42 Å². The molecule has 0 aliphatic carbocycles. The van der Waals surface area contributed by atoms with Crippen molar-refractivity contribution in [3.8, 4) is 0 Å². The Kier molecular flexibility index (Phi) is 7.48. The molecule has 1 atom stereocenters. The van der Waals surface area contributed by atoms with Crippen LogP contribution in [0.15, 0.2) is 0 Å². The lowest BCUT2D eigenvalue weighted by atomic mass is 10.2. The van der Waals surface area contributed by atoms with E-state index in [1.807, 2.05) is 6.92 Å². The van der Waals surface area contributed by atoms with Gasteiger partial charge in [0, 0.05) is 6.04 Å². The number of rotatable bonds is 3. The first-order valence-electron chi connectivity index (χ1n) is 2.64. The zero-order chi connectivity index (χ0) is 6.57. The summed E-state index contributed by atoms with van der Waals surface area (Å²) in [5.41, 5.74) is 5.29. The lowest BCUT2D eigenvalue weighted by Gasteiger charge is -2.01. The number of aliphatic carboxylic acids is 1. The predicted octanol–water partition coefficient (Wildman–Crippen LogP) is 0.620. The normalized spacial score (nSPS) is 11.8. The van der Waals surface area contributed by atoms with Crippen molar-refractivity contribution in [1.29, 1.82) is 0 Å². The molecule has 0 saturated heterocycles. The van der Waals surface area contributed by atoms with Crippen LogP contribution in [0.25, 0.3) is 0 Å². The molecule has 0 heterocycles. The topological polar surface area (TPSA) is 63.3 Å². The van der Waals surface area contributed by atoms with Crippen LogP contribution in [0.1, 0.15) is 19.8 Å². The van der Waals surface area contributed by atoms with Gasteiger partial charge in [-0.2, -0.15) is 0 Å². The van der Waals surface area contributed by atoms with E-state index in [4.69, 9.17) is 10.8 Å². The zero-order valence-corrected chi connectivity index (χ0v) is 6.15. The molecular weight excluding hydrogens is 142 g/mol. The molecule has 3 N–H and O–H groups in total. The van der Waals surface area contributed by atoms with E-state index in [9.17, 15) is 4.79 Å². The smallest absolute Gasteiger partial charge is 0.304 e. The first-order valence-corrected chi connectivity index (χ1v) is 2.64. The molecule has 0 saturated carbocycles. The summed E-state index contributed by atoms with van der Waals surface area (Å²) in [5, 5.41) is 8.14. The highest BCUT2D eigenvalue weighted by Crippen LogP contribution is 1.91. The first-order chi connectivity index (χ1) is 3.66. The van der Waals surface area contributed by atoms with Gasteiger partial charge in [-0.05, 0) is 6.42 Å². The third kappa shape index (κ3) is 7.72. The fourth-order valence-corrected chi connectivity index (χ4v) is 0.369. The van der Waals surface area contributed by atoms with Gasteiger partial charge in [0.25, 0.3) is 0 Å². The molecule has 0 aromatic carbocycles. The largest absolute Gasteiger partial charge is 0.481 e. The number of carboxylic acids is 1. The standard InChI is InChI=1S/C5H11NO2.ClH/c1-2-4(6)3-5(7)8;/h4H,2-3,6H2,1H3,(H,7,8);1H/t4-;/m0./s1. The molecule has 9 heavy (non-hydrogen) atoms. The molecule has 0 rings (SSSR count). The first kappa shape index (κ1) is 11.5. The van der Waals surface area contributed by atoms with Crippen LogP contribution >= 0.6 is 12.4 Å². The number of carbonyl (C=O) groups is 1. The molecule has 0 aliphatic heterocycles. The molecule has 0 fully saturated rings. The van der Waals surface area contributed by atoms with E-state index in [0.29, 0.717) is 0 Å². The van der Waals surface area contributed by atoms with Crippen LogP contribution in [0.5, 0.6) is 0 Å². The summed E-state index contributed by atoms with van der Waals surface area (Å²) in [5.74, 6) is -0.820. The van der Waals surface area contributed by atoms with E-state index in [0.717, 1.165) is 6.42 Å². The molecule has 0 bridgehead atoms. The van der Waals surface area contributed by atoms with Crippen molar-refractivity contribution in [2.24, 2.45) is 5.73 Å². The number of carboxylic acid groups (broad SMARTS) is 1. The summed E-state index contributed by atoms with van der Waals surface area (Å²) in [6.45, 7) is 1.87. The maximum atomic E-state index is 9.89. The van der Waals surface area contributed by atoms with Gasteiger partial charge in [-0.15, -0.1) is 12.4 Å². The highest BCUT2D eigenvalue weighted by atomic mass is 35.5. The zero-order valence-electron chi connectivity index (χ0n) is 5.33. The molecular formula is C5H12ClNO2. The third-order valence-corrected chi connectivity index (χ3v) is 0.961. The molecule has 4 heteroatoms. The average molecular weight is 154 g/mol. The molecule has 0 spiro atoms. The Morgan fingerprint density at radius 2 is 2.22 bits per heavy atom. The molecule has 0 aromatic rings. The number of hydrogen-bond acceptors (Lipinski definition) is 2. The van der Waals surface area contributed by atoms with E-state index in [1.165, 1.54) is 0 Å². The Labute approximate surface area is 60.6 Å². The lowest BCUT2D eigenvalue weighted by Crippen LogP contribution is -2.22. The van der Waals surface area contributed by atoms with Crippen molar-refractivity contribution in [1.82, 2.24) is 0 Å². The summed E-state index contributed by atoms with van der Waals surface area (Å²) in [6.07, 6.45) is 0.808. The van der Waals surface area contributed by atoms with E-state index < -0.39 is 5.97 Å². The minimum Gasteiger partial charge on any atom is -0.481 e. The van der Waals surface area contributed by atoms with E-state index in [1.54, 1.807) is 0 Å². The second-order valence-electron chi connectivity index (χ2n) is 1.77.